The van der Waals surface area contributed by atoms with Gasteiger partial charge in [-0.2, -0.15) is 0 Å². The number of carbonyl (C=O) groups is 1. The summed E-state index contributed by atoms with van der Waals surface area (Å²) in [5.41, 5.74) is 3.02. The van der Waals surface area contributed by atoms with Crippen molar-refractivity contribution >= 4 is 44.8 Å². The Morgan fingerprint density at radius 1 is 0.935 bits per heavy atom. The van der Waals surface area contributed by atoms with Gasteiger partial charge in [0.15, 0.2) is 0 Å². The fourth-order valence-electron chi connectivity index (χ4n) is 3.17. The molecule has 3 aromatic carbocycles. The molecule has 31 heavy (non-hydrogen) atoms. The molecule has 5 nitrogen and oxygen atoms in total. The average molecular weight is 477 g/mol. The average Bonchev–Trinajstić information content (AvgIpc) is 2.73. The Morgan fingerprint density at radius 3 is 2.16 bits per heavy atom. The van der Waals surface area contributed by atoms with Crippen LogP contribution in [-0.2, 0) is 14.8 Å². The van der Waals surface area contributed by atoms with Crippen molar-refractivity contribution in [2.45, 2.75) is 13.0 Å². The topological polar surface area (TPSA) is 66.5 Å². The third-order valence-electron chi connectivity index (χ3n) is 4.74. The van der Waals surface area contributed by atoms with Crippen LogP contribution in [0, 0.1) is 6.92 Å². The normalized spacial score (nSPS) is 12.3. The van der Waals surface area contributed by atoms with Crippen LogP contribution in [0.3, 0.4) is 0 Å². The lowest BCUT2D eigenvalue weighted by molar-refractivity contribution is -0.120. The molecule has 0 aliphatic carbocycles. The Kier molecular flexibility index (Phi) is 7.26. The predicted octanol–water partition coefficient (Wildman–Crippen LogP) is 4.97. The summed E-state index contributed by atoms with van der Waals surface area (Å²) >= 11 is 12.3. The van der Waals surface area contributed by atoms with Crippen molar-refractivity contribution in [2.75, 3.05) is 17.1 Å². The van der Waals surface area contributed by atoms with Crippen LogP contribution in [0.1, 0.15) is 22.7 Å². The third kappa shape index (κ3) is 5.79. The van der Waals surface area contributed by atoms with Crippen molar-refractivity contribution in [1.29, 1.82) is 0 Å². The monoisotopic (exact) mass is 476 g/mol. The molecule has 0 fully saturated rings. The number of nitrogens with one attached hydrogen (secondary N) is 1. The zero-order valence-electron chi connectivity index (χ0n) is 17.0. The lowest BCUT2D eigenvalue weighted by Crippen LogP contribution is -2.42. The van der Waals surface area contributed by atoms with Crippen molar-refractivity contribution < 1.29 is 13.2 Å². The van der Waals surface area contributed by atoms with E-state index in [0.29, 0.717) is 0 Å². The lowest BCUT2D eigenvalue weighted by atomic mass is 9.98. The van der Waals surface area contributed by atoms with Gasteiger partial charge in [0.1, 0.15) is 6.54 Å². The van der Waals surface area contributed by atoms with Gasteiger partial charge in [0, 0.05) is 0 Å². The van der Waals surface area contributed by atoms with E-state index in [2.05, 4.69) is 5.32 Å². The van der Waals surface area contributed by atoms with E-state index in [1.807, 2.05) is 61.5 Å². The van der Waals surface area contributed by atoms with Crippen LogP contribution < -0.4 is 9.62 Å². The summed E-state index contributed by atoms with van der Waals surface area (Å²) in [5.74, 6) is -0.476. The van der Waals surface area contributed by atoms with E-state index in [1.165, 1.54) is 6.07 Å². The van der Waals surface area contributed by atoms with Crippen LogP contribution in [-0.4, -0.2) is 27.1 Å². The molecule has 8 heteroatoms. The fraction of sp³-hybridized carbons (Fsp3) is 0.174. The molecule has 0 saturated carbocycles. The van der Waals surface area contributed by atoms with Gasteiger partial charge in [-0.05, 0) is 30.2 Å². The summed E-state index contributed by atoms with van der Waals surface area (Å²) in [5, 5.41) is 3.23. The summed E-state index contributed by atoms with van der Waals surface area (Å²) in [4.78, 5) is 13.0. The minimum atomic E-state index is -3.79. The molecular weight excluding hydrogens is 455 g/mol. The molecule has 0 spiro atoms. The lowest BCUT2D eigenvalue weighted by Gasteiger charge is -2.25. The Morgan fingerprint density at radius 2 is 1.55 bits per heavy atom. The molecule has 0 aliphatic heterocycles. The summed E-state index contributed by atoms with van der Waals surface area (Å²) < 4.78 is 25.8. The van der Waals surface area contributed by atoms with E-state index in [-0.39, 0.29) is 15.7 Å². The zero-order valence-corrected chi connectivity index (χ0v) is 19.4. The van der Waals surface area contributed by atoms with Gasteiger partial charge in [-0.1, -0.05) is 89.4 Å². The Hall–Kier alpha value is -2.54. The molecule has 1 atom stereocenters. The smallest absolute Gasteiger partial charge is 0.241 e. The van der Waals surface area contributed by atoms with Crippen LogP contribution >= 0.6 is 23.2 Å². The minimum absolute atomic E-state index is 0.0699. The number of sulfonamides is 1. The van der Waals surface area contributed by atoms with Gasteiger partial charge < -0.3 is 5.32 Å². The number of rotatable bonds is 7. The van der Waals surface area contributed by atoms with Gasteiger partial charge in [0.05, 0.1) is 28.0 Å². The number of carbonyl (C=O) groups excluding carboxylic acids is 1. The van der Waals surface area contributed by atoms with E-state index in [9.17, 15) is 13.2 Å². The Balaban J connectivity index is 1.91. The largest absolute Gasteiger partial charge is 0.344 e. The predicted molar refractivity (Wildman–Crippen MR) is 126 cm³/mol. The highest BCUT2D eigenvalue weighted by Gasteiger charge is 2.25. The van der Waals surface area contributed by atoms with E-state index < -0.39 is 28.5 Å². The number of anilines is 1. The first kappa shape index (κ1) is 23.1. The van der Waals surface area contributed by atoms with Crippen molar-refractivity contribution in [3.8, 4) is 0 Å². The first-order valence-corrected chi connectivity index (χ1v) is 12.1. The third-order valence-corrected chi connectivity index (χ3v) is 6.67. The molecule has 3 rings (SSSR count). The molecule has 0 aliphatic rings. The highest BCUT2D eigenvalue weighted by atomic mass is 35.5. The van der Waals surface area contributed by atoms with Crippen molar-refractivity contribution in [1.82, 2.24) is 5.32 Å². The number of amides is 1. The second-order valence-electron chi connectivity index (χ2n) is 7.16. The standard InChI is InChI=1S/C23H22Cl2N2O3S/c1-16-11-13-18(14-12-16)23(17-7-4-3-5-8-17)26-21(28)15-27(31(2,29)30)20-10-6-9-19(24)22(20)25/h3-14,23H,15H2,1-2H3,(H,26,28)/t23-/m1/s1. The molecule has 0 heterocycles. The van der Waals surface area contributed by atoms with Crippen LogP contribution in [0.2, 0.25) is 10.0 Å². The maximum absolute atomic E-state index is 13.0. The van der Waals surface area contributed by atoms with Gasteiger partial charge in [0.25, 0.3) is 0 Å². The van der Waals surface area contributed by atoms with E-state index in [4.69, 9.17) is 23.2 Å². The molecule has 0 bridgehead atoms. The van der Waals surface area contributed by atoms with Gasteiger partial charge in [0.2, 0.25) is 15.9 Å². The van der Waals surface area contributed by atoms with E-state index >= 15 is 0 Å². The molecular formula is C23H22Cl2N2O3S. The van der Waals surface area contributed by atoms with Crippen LogP contribution in [0.4, 0.5) is 5.69 Å². The maximum atomic E-state index is 13.0. The summed E-state index contributed by atoms with van der Waals surface area (Å²) in [7, 11) is -3.79. The Bertz CT molecular complexity index is 1170. The van der Waals surface area contributed by atoms with Crippen molar-refractivity contribution in [3.05, 3.63) is 99.5 Å². The molecule has 0 unspecified atom stereocenters. The van der Waals surface area contributed by atoms with Crippen LogP contribution in [0.5, 0.6) is 0 Å². The molecule has 0 radical (unpaired) electrons. The number of nitrogens with zero attached hydrogens (tertiary/aromatic N) is 1. The summed E-state index contributed by atoms with van der Waals surface area (Å²) in [6.45, 7) is 1.55. The van der Waals surface area contributed by atoms with Gasteiger partial charge in [-0.25, -0.2) is 8.42 Å². The number of hydrogen-bond acceptors (Lipinski definition) is 3. The van der Waals surface area contributed by atoms with Crippen molar-refractivity contribution in [2.24, 2.45) is 0 Å². The summed E-state index contributed by atoms with van der Waals surface area (Å²) in [6.07, 6.45) is 1.02. The SMILES string of the molecule is Cc1ccc([C@H](NC(=O)CN(c2cccc(Cl)c2Cl)S(C)(=O)=O)c2ccccc2)cc1. The minimum Gasteiger partial charge on any atom is -0.344 e. The van der Waals surface area contributed by atoms with E-state index in [0.717, 1.165) is 27.3 Å². The quantitative estimate of drug-likeness (QED) is 0.523. The first-order valence-electron chi connectivity index (χ1n) is 9.49. The number of benzene rings is 3. The molecule has 1 N–H and O–H groups in total. The van der Waals surface area contributed by atoms with Crippen LogP contribution in [0.15, 0.2) is 72.8 Å². The zero-order chi connectivity index (χ0) is 22.6. The second kappa shape index (κ2) is 9.73. The van der Waals surface area contributed by atoms with Gasteiger partial charge >= 0.3 is 0 Å². The number of hydrogen-bond donors (Lipinski definition) is 1. The number of aryl methyl sites for hydroxylation is 1. The number of halogens is 2. The molecule has 3 aromatic rings. The molecule has 0 saturated heterocycles. The highest BCUT2D eigenvalue weighted by Crippen LogP contribution is 2.33. The molecule has 162 valence electrons. The highest BCUT2D eigenvalue weighted by molar-refractivity contribution is 7.92. The van der Waals surface area contributed by atoms with Crippen molar-refractivity contribution in [3.63, 3.8) is 0 Å². The molecule has 1 amide bonds. The maximum Gasteiger partial charge on any atom is 0.241 e. The van der Waals surface area contributed by atoms with Gasteiger partial charge in [-0.15, -0.1) is 0 Å². The second-order valence-corrected chi connectivity index (χ2v) is 9.86. The fourth-order valence-corrected chi connectivity index (χ4v) is 4.48. The van der Waals surface area contributed by atoms with E-state index in [1.54, 1.807) is 12.1 Å². The first-order chi connectivity index (χ1) is 14.7. The van der Waals surface area contributed by atoms with Crippen LogP contribution in [0.25, 0.3) is 0 Å². The van der Waals surface area contributed by atoms with Gasteiger partial charge in [-0.3, -0.25) is 9.10 Å². The Labute approximate surface area is 192 Å². The molecule has 0 aromatic heterocycles. The summed E-state index contributed by atoms with van der Waals surface area (Å²) in [6, 6.07) is 21.5.